The molecule has 2 heterocycles. The van der Waals surface area contributed by atoms with Crippen LogP contribution in [0.1, 0.15) is 51.8 Å². The highest BCUT2D eigenvalue weighted by atomic mass is 35.5. The van der Waals surface area contributed by atoms with E-state index in [4.69, 9.17) is 42.3 Å². The molecule has 9 nitrogen and oxygen atoms in total. The minimum atomic E-state index is -1.07. The highest BCUT2D eigenvalue weighted by Crippen LogP contribution is 2.39. The number of carboxylic acids is 1. The Labute approximate surface area is 234 Å². The molecule has 39 heavy (non-hydrogen) atoms. The van der Waals surface area contributed by atoms with Crippen LogP contribution in [0, 0.1) is 0 Å². The molecule has 11 heteroatoms. The summed E-state index contributed by atoms with van der Waals surface area (Å²) in [5, 5.41) is 14.2. The first-order valence-electron chi connectivity index (χ1n) is 11.8. The van der Waals surface area contributed by atoms with Crippen molar-refractivity contribution in [2.45, 2.75) is 26.4 Å². The Morgan fingerprint density at radius 3 is 2.26 bits per heavy atom. The number of carboxylic acid groups (broad SMARTS) is 1. The molecule has 2 aromatic carbocycles. The fourth-order valence-electron chi connectivity index (χ4n) is 3.94. The zero-order valence-corrected chi connectivity index (χ0v) is 23.1. The number of ether oxygens (including phenoxy) is 2. The number of halogens is 2. The number of anilines is 1. The topological polar surface area (TPSA) is 115 Å². The number of hydrogen-bond donors (Lipinski definition) is 1. The van der Waals surface area contributed by atoms with Crippen LogP contribution in [0.15, 0.2) is 59.1 Å². The fraction of sp³-hybridized carbons (Fsp3) is 0.214. The Hall–Kier alpha value is -4.08. The number of methoxy groups -OCH3 is 1. The normalized spacial score (nSPS) is 10.9. The predicted octanol–water partition coefficient (Wildman–Crippen LogP) is 6.73. The van der Waals surface area contributed by atoms with Crippen LogP contribution >= 0.6 is 23.2 Å². The summed E-state index contributed by atoms with van der Waals surface area (Å²) in [5.41, 5.74) is 2.51. The summed E-state index contributed by atoms with van der Waals surface area (Å²) in [7, 11) is 3.00. The smallest absolute Gasteiger partial charge is 0.335 e. The Morgan fingerprint density at radius 2 is 1.67 bits per heavy atom. The molecule has 0 fully saturated rings. The lowest BCUT2D eigenvalue weighted by Gasteiger charge is -2.20. The molecule has 0 aliphatic rings. The first kappa shape index (κ1) is 27.9. The van der Waals surface area contributed by atoms with Gasteiger partial charge < -0.3 is 24.0 Å². The molecule has 0 radical (unpaired) electrons. The molecular weight excluding hydrogens is 545 g/mol. The molecule has 4 aromatic rings. The van der Waals surface area contributed by atoms with E-state index in [1.165, 1.54) is 36.3 Å². The van der Waals surface area contributed by atoms with Gasteiger partial charge in [0.05, 0.1) is 28.3 Å². The Balaban J connectivity index is 1.59. The van der Waals surface area contributed by atoms with Crippen molar-refractivity contribution >= 4 is 40.8 Å². The quantitative estimate of drug-likeness (QED) is 0.236. The lowest BCUT2D eigenvalue weighted by Crippen LogP contribution is -2.27. The fourth-order valence-corrected chi connectivity index (χ4v) is 4.52. The van der Waals surface area contributed by atoms with E-state index in [-0.39, 0.29) is 35.8 Å². The molecule has 1 N–H and O–H groups in total. The summed E-state index contributed by atoms with van der Waals surface area (Å²) < 4.78 is 17.1. The van der Waals surface area contributed by atoms with E-state index in [1.807, 2.05) is 13.8 Å². The number of aromatic carboxylic acids is 1. The van der Waals surface area contributed by atoms with Crippen LogP contribution < -0.4 is 14.4 Å². The zero-order valence-electron chi connectivity index (χ0n) is 21.6. The highest BCUT2D eigenvalue weighted by molar-refractivity contribution is 6.39. The average Bonchev–Trinajstić information content (AvgIpc) is 3.34. The Morgan fingerprint density at radius 1 is 1.03 bits per heavy atom. The monoisotopic (exact) mass is 569 g/mol. The molecule has 0 saturated carbocycles. The van der Waals surface area contributed by atoms with E-state index >= 15 is 0 Å². The van der Waals surface area contributed by atoms with Crippen LogP contribution in [0.4, 0.5) is 5.69 Å². The molecular formula is C28H25Cl2N3O6. The van der Waals surface area contributed by atoms with Gasteiger partial charge in [0.25, 0.3) is 5.91 Å². The van der Waals surface area contributed by atoms with Gasteiger partial charge in [0, 0.05) is 30.2 Å². The van der Waals surface area contributed by atoms with Gasteiger partial charge in [0.15, 0.2) is 0 Å². The van der Waals surface area contributed by atoms with Gasteiger partial charge in [0.1, 0.15) is 23.7 Å². The second-order valence-electron chi connectivity index (χ2n) is 8.84. The number of hydrogen-bond acceptors (Lipinski definition) is 7. The number of nitrogens with zero attached hydrogens (tertiary/aromatic N) is 3. The van der Waals surface area contributed by atoms with Gasteiger partial charge in [-0.3, -0.25) is 4.79 Å². The van der Waals surface area contributed by atoms with Crippen molar-refractivity contribution in [3.63, 3.8) is 0 Å². The number of carbonyl (C=O) groups is 2. The molecule has 0 spiro atoms. The standard InChI is InChI=1S/C28H25Cl2N3O6/c1-15(2)25-18(24(32-39-25)23-19(29)6-5-7-20(23)30)14-38-22-13-12-21(26(31-22)37-4)33(3)27(34)16-8-10-17(11-9-16)28(35)36/h5-13,15H,14H2,1-4H3,(H,35,36). The third kappa shape index (κ3) is 5.84. The van der Waals surface area contributed by atoms with Gasteiger partial charge in [-0.15, -0.1) is 0 Å². The van der Waals surface area contributed by atoms with E-state index in [1.54, 1.807) is 37.4 Å². The number of pyridine rings is 1. The van der Waals surface area contributed by atoms with Crippen molar-refractivity contribution in [2.24, 2.45) is 0 Å². The van der Waals surface area contributed by atoms with Crippen molar-refractivity contribution in [1.29, 1.82) is 0 Å². The third-order valence-corrected chi connectivity index (χ3v) is 6.59. The summed E-state index contributed by atoms with van der Waals surface area (Å²) in [4.78, 5) is 29.9. The molecule has 0 atom stereocenters. The number of carbonyl (C=O) groups excluding carboxylic acids is 1. The second-order valence-corrected chi connectivity index (χ2v) is 9.65. The molecule has 202 valence electrons. The third-order valence-electron chi connectivity index (χ3n) is 5.96. The summed E-state index contributed by atoms with van der Waals surface area (Å²) in [6.45, 7) is 4.01. The highest BCUT2D eigenvalue weighted by Gasteiger charge is 2.25. The van der Waals surface area contributed by atoms with Crippen LogP contribution in [0.3, 0.4) is 0 Å². The zero-order chi connectivity index (χ0) is 28.3. The van der Waals surface area contributed by atoms with Crippen molar-refractivity contribution in [3.05, 3.63) is 87.1 Å². The lowest BCUT2D eigenvalue weighted by atomic mass is 10.0. The van der Waals surface area contributed by atoms with Crippen LogP contribution in [0.25, 0.3) is 11.3 Å². The van der Waals surface area contributed by atoms with E-state index < -0.39 is 5.97 Å². The average molecular weight is 570 g/mol. The molecule has 0 saturated heterocycles. The summed E-state index contributed by atoms with van der Waals surface area (Å²) in [6.07, 6.45) is 0. The lowest BCUT2D eigenvalue weighted by molar-refractivity contribution is 0.0696. The molecule has 1 amide bonds. The molecule has 0 unspecified atom stereocenters. The maximum atomic E-state index is 13.0. The van der Waals surface area contributed by atoms with Crippen LogP contribution in [0.5, 0.6) is 11.8 Å². The number of benzene rings is 2. The Bertz CT molecular complexity index is 1500. The Kier molecular flexibility index (Phi) is 8.42. The molecule has 2 aromatic heterocycles. The summed E-state index contributed by atoms with van der Waals surface area (Å²) in [5.74, 6) is -0.390. The maximum absolute atomic E-state index is 13.0. The number of rotatable bonds is 9. The first-order chi connectivity index (χ1) is 18.6. The van der Waals surface area contributed by atoms with Gasteiger partial charge in [-0.2, -0.15) is 4.98 Å². The SMILES string of the molecule is COc1nc(OCc2c(-c3c(Cl)cccc3Cl)noc2C(C)C)ccc1N(C)C(=O)c1ccc(C(=O)O)cc1. The van der Waals surface area contributed by atoms with Gasteiger partial charge in [-0.1, -0.05) is 48.3 Å². The first-order valence-corrected chi connectivity index (χ1v) is 12.6. The number of amides is 1. The van der Waals surface area contributed by atoms with E-state index in [0.29, 0.717) is 43.9 Å². The van der Waals surface area contributed by atoms with Gasteiger partial charge in [-0.25, -0.2) is 4.79 Å². The van der Waals surface area contributed by atoms with E-state index in [9.17, 15) is 9.59 Å². The van der Waals surface area contributed by atoms with Gasteiger partial charge in [-0.05, 0) is 42.5 Å². The van der Waals surface area contributed by atoms with Gasteiger partial charge in [0.2, 0.25) is 11.8 Å². The second kappa shape index (κ2) is 11.8. The summed E-state index contributed by atoms with van der Waals surface area (Å²) in [6, 6.07) is 14.1. The van der Waals surface area contributed by atoms with Crippen molar-refractivity contribution in [2.75, 3.05) is 19.1 Å². The minimum Gasteiger partial charge on any atom is -0.479 e. The molecule has 0 aliphatic heterocycles. The molecule has 0 bridgehead atoms. The number of aromatic nitrogens is 2. The van der Waals surface area contributed by atoms with Crippen LogP contribution in [-0.2, 0) is 6.61 Å². The van der Waals surface area contributed by atoms with Crippen molar-refractivity contribution in [1.82, 2.24) is 10.1 Å². The summed E-state index contributed by atoms with van der Waals surface area (Å²) >= 11 is 12.9. The van der Waals surface area contributed by atoms with Crippen molar-refractivity contribution in [3.8, 4) is 23.0 Å². The van der Waals surface area contributed by atoms with Crippen molar-refractivity contribution < 1.29 is 28.7 Å². The minimum absolute atomic E-state index is 0.0141. The molecule has 4 rings (SSSR count). The van der Waals surface area contributed by atoms with Gasteiger partial charge >= 0.3 is 5.97 Å². The van der Waals surface area contributed by atoms with Crippen LogP contribution in [0.2, 0.25) is 10.0 Å². The maximum Gasteiger partial charge on any atom is 0.335 e. The van der Waals surface area contributed by atoms with E-state index in [2.05, 4.69) is 10.1 Å². The molecule has 0 aliphatic carbocycles. The predicted molar refractivity (Wildman–Crippen MR) is 147 cm³/mol. The van der Waals surface area contributed by atoms with E-state index in [0.717, 1.165) is 0 Å². The largest absolute Gasteiger partial charge is 0.479 e. The van der Waals surface area contributed by atoms with Crippen LogP contribution in [-0.4, -0.2) is 41.3 Å².